The van der Waals surface area contributed by atoms with Gasteiger partial charge in [0.1, 0.15) is 0 Å². The fourth-order valence-corrected chi connectivity index (χ4v) is 3.41. The minimum atomic E-state index is -0.138. The fourth-order valence-electron chi connectivity index (χ4n) is 3.02. The first-order valence-corrected chi connectivity index (χ1v) is 7.40. The Morgan fingerprint density at radius 1 is 1.33 bits per heavy atom. The van der Waals surface area contributed by atoms with Gasteiger partial charge in [-0.1, -0.05) is 49.2 Å². The molecule has 1 aliphatic rings. The first-order chi connectivity index (χ1) is 8.42. The summed E-state index contributed by atoms with van der Waals surface area (Å²) in [7, 11) is 0. The summed E-state index contributed by atoms with van der Waals surface area (Å²) in [5.41, 5.74) is 7.55. The Hall–Kier alpha value is -0.240. The van der Waals surface area contributed by atoms with E-state index >= 15 is 0 Å². The molecule has 0 spiro atoms. The number of nitrogens with two attached hydrogens (primary N) is 1. The average Bonchev–Trinajstić information content (AvgIpc) is 2.31. The average molecular weight is 286 g/mol. The molecule has 100 valence electrons. The number of halogens is 2. The van der Waals surface area contributed by atoms with Crippen molar-refractivity contribution in [2.24, 2.45) is 17.6 Å². The number of hydrogen-bond donors (Lipinski definition) is 1. The lowest BCUT2D eigenvalue weighted by Gasteiger charge is -2.42. The molecule has 0 aromatic heterocycles. The molecule has 1 saturated carbocycles. The van der Waals surface area contributed by atoms with Crippen molar-refractivity contribution < 1.29 is 0 Å². The molecule has 2 N–H and O–H groups in total. The Morgan fingerprint density at radius 2 is 2.06 bits per heavy atom. The largest absolute Gasteiger partial charge is 0.325 e. The van der Waals surface area contributed by atoms with E-state index < -0.39 is 0 Å². The van der Waals surface area contributed by atoms with Crippen LogP contribution in [0.1, 0.15) is 38.7 Å². The Balaban J connectivity index is 2.20. The van der Waals surface area contributed by atoms with Gasteiger partial charge in [0.15, 0.2) is 0 Å². The summed E-state index contributed by atoms with van der Waals surface area (Å²) >= 11 is 12.3. The van der Waals surface area contributed by atoms with Crippen molar-refractivity contribution in [3.63, 3.8) is 0 Å². The van der Waals surface area contributed by atoms with Gasteiger partial charge in [-0.15, -0.1) is 0 Å². The molecule has 1 aliphatic carbocycles. The lowest BCUT2D eigenvalue weighted by Crippen LogP contribution is -2.51. The van der Waals surface area contributed by atoms with Crippen molar-refractivity contribution in [1.29, 1.82) is 0 Å². The van der Waals surface area contributed by atoms with E-state index in [0.717, 1.165) is 24.3 Å². The Kier molecular flexibility index (Phi) is 4.25. The van der Waals surface area contributed by atoms with E-state index in [1.54, 1.807) is 0 Å². The third-order valence-electron chi connectivity index (χ3n) is 4.39. The molecule has 0 bridgehead atoms. The lowest BCUT2D eigenvalue weighted by atomic mass is 9.68. The molecule has 1 aromatic carbocycles. The van der Waals surface area contributed by atoms with E-state index in [4.69, 9.17) is 28.9 Å². The molecule has 3 atom stereocenters. The van der Waals surface area contributed by atoms with E-state index in [9.17, 15) is 0 Å². The minimum Gasteiger partial charge on any atom is -0.325 e. The second-order valence-electron chi connectivity index (χ2n) is 5.90. The van der Waals surface area contributed by atoms with Gasteiger partial charge in [-0.05, 0) is 49.1 Å². The zero-order valence-corrected chi connectivity index (χ0v) is 12.6. The summed E-state index contributed by atoms with van der Waals surface area (Å²) in [6, 6.07) is 5.81. The predicted molar refractivity (Wildman–Crippen MR) is 79.3 cm³/mol. The van der Waals surface area contributed by atoms with E-state index in [2.05, 4.69) is 13.8 Å². The monoisotopic (exact) mass is 285 g/mol. The molecule has 1 fully saturated rings. The SMILES string of the molecule is CC1CCC(N)(Cc2cccc(Cl)c2Cl)C(C)C1. The zero-order valence-electron chi connectivity index (χ0n) is 11.0. The minimum absolute atomic E-state index is 0.138. The fraction of sp³-hybridized carbons (Fsp3) is 0.600. The van der Waals surface area contributed by atoms with Crippen LogP contribution in [0.5, 0.6) is 0 Å². The molecular weight excluding hydrogens is 265 g/mol. The van der Waals surface area contributed by atoms with Crippen molar-refractivity contribution in [1.82, 2.24) is 0 Å². The molecule has 0 saturated heterocycles. The maximum atomic E-state index is 6.61. The molecule has 0 aliphatic heterocycles. The van der Waals surface area contributed by atoms with Gasteiger partial charge in [-0.2, -0.15) is 0 Å². The lowest BCUT2D eigenvalue weighted by molar-refractivity contribution is 0.163. The van der Waals surface area contributed by atoms with Crippen LogP contribution in [0.15, 0.2) is 18.2 Å². The van der Waals surface area contributed by atoms with E-state index in [0.29, 0.717) is 16.0 Å². The van der Waals surface area contributed by atoms with Crippen LogP contribution in [0.25, 0.3) is 0 Å². The zero-order chi connectivity index (χ0) is 13.3. The van der Waals surface area contributed by atoms with Crippen LogP contribution in [0, 0.1) is 11.8 Å². The molecule has 2 rings (SSSR count). The van der Waals surface area contributed by atoms with Crippen LogP contribution in [-0.4, -0.2) is 5.54 Å². The third-order valence-corrected chi connectivity index (χ3v) is 5.25. The van der Waals surface area contributed by atoms with Crippen LogP contribution in [0.3, 0.4) is 0 Å². The highest BCUT2D eigenvalue weighted by atomic mass is 35.5. The van der Waals surface area contributed by atoms with Gasteiger partial charge < -0.3 is 5.73 Å². The van der Waals surface area contributed by atoms with Crippen LogP contribution < -0.4 is 5.73 Å². The van der Waals surface area contributed by atoms with Gasteiger partial charge in [0.05, 0.1) is 10.0 Å². The molecular formula is C15H21Cl2N. The van der Waals surface area contributed by atoms with Crippen molar-refractivity contribution in [2.75, 3.05) is 0 Å². The summed E-state index contributed by atoms with van der Waals surface area (Å²) in [6.07, 6.45) is 4.30. The molecule has 3 unspecified atom stereocenters. The standard InChI is InChI=1S/C15H21Cl2N/c1-10-6-7-15(18,11(2)8-10)9-12-4-3-5-13(16)14(12)17/h3-5,10-11H,6-9,18H2,1-2H3. The second-order valence-corrected chi connectivity index (χ2v) is 6.69. The normalized spacial score (nSPS) is 32.5. The number of benzene rings is 1. The first kappa shape index (κ1) is 14.2. The summed E-state index contributed by atoms with van der Waals surface area (Å²) < 4.78 is 0. The summed E-state index contributed by atoms with van der Waals surface area (Å²) in [5, 5.41) is 1.28. The second kappa shape index (κ2) is 5.40. The topological polar surface area (TPSA) is 26.0 Å². The summed E-state index contributed by atoms with van der Waals surface area (Å²) in [4.78, 5) is 0. The number of rotatable bonds is 2. The molecule has 1 nitrogen and oxygen atoms in total. The maximum absolute atomic E-state index is 6.61. The van der Waals surface area contributed by atoms with Crippen molar-refractivity contribution in [2.45, 2.75) is 45.1 Å². The highest BCUT2D eigenvalue weighted by Gasteiger charge is 2.37. The first-order valence-electron chi connectivity index (χ1n) is 6.64. The molecule has 1 aromatic rings. The number of hydrogen-bond acceptors (Lipinski definition) is 1. The van der Waals surface area contributed by atoms with Crippen LogP contribution in [-0.2, 0) is 6.42 Å². The van der Waals surface area contributed by atoms with Gasteiger partial charge in [0.2, 0.25) is 0 Å². The molecule has 0 heterocycles. The Bertz CT molecular complexity index is 433. The Morgan fingerprint density at radius 3 is 2.72 bits per heavy atom. The quantitative estimate of drug-likeness (QED) is 0.838. The third kappa shape index (κ3) is 2.84. The van der Waals surface area contributed by atoms with E-state index in [-0.39, 0.29) is 5.54 Å². The van der Waals surface area contributed by atoms with E-state index in [1.807, 2.05) is 18.2 Å². The van der Waals surface area contributed by atoms with Gasteiger partial charge in [0, 0.05) is 5.54 Å². The summed E-state index contributed by atoms with van der Waals surface area (Å²) in [6.45, 7) is 4.57. The molecule has 18 heavy (non-hydrogen) atoms. The van der Waals surface area contributed by atoms with Crippen LogP contribution in [0.2, 0.25) is 10.0 Å². The highest BCUT2D eigenvalue weighted by Crippen LogP contribution is 2.39. The van der Waals surface area contributed by atoms with Crippen molar-refractivity contribution in [3.8, 4) is 0 Å². The molecule has 0 radical (unpaired) electrons. The summed E-state index contributed by atoms with van der Waals surface area (Å²) in [5.74, 6) is 1.31. The van der Waals surface area contributed by atoms with Crippen LogP contribution in [0.4, 0.5) is 0 Å². The van der Waals surface area contributed by atoms with Gasteiger partial charge in [0.25, 0.3) is 0 Å². The van der Waals surface area contributed by atoms with E-state index in [1.165, 1.54) is 12.8 Å². The van der Waals surface area contributed by atoms with Gasteiger partial charge >= 0.3 is 0 Å². The molecule has 3 heteroatoms. The maximum Gasteiger partial charge on any atom is 0.0624 e. The van der Waals surface area contributed by atoms with Crippen LogP contribution >= 0.6 is 23.2 Å². The van der Waals surface area contributed by atoms with Gasteiger partial charge in [-0.25, -0.2) is 0 Å². The Labute approximate surface area is 120 Å². The highest BCUT2D eigenvalue weighted by molar-refractivity contribution is 6.42. The molecule has 0 amide bonds. The van der Waals surface area contributed by atoms with Crippen molar-refractivity contribution in [3.05, 3.63) is 33.8 Å². The predicted octanol–water partition coefficient (Wildman–Crippen LogP) is 4.69. The van der Waals surface area contributed by atoms with Gasteiger partial charge in [-0.3, -0.25) is 0 Å². The smallest absolute Gasteiger partial charge is 0.0624 e. The van der Waals surface area contributed by atoms with Crippen molar-refractivity contribution >= 4 is 23.2 Å².